The summed E-state index contributed by atoms with van der Waals surface area (Å²) >= 11 is 0. The lowest BCUT2D eigenvalue weighted by molar-refractivity contribution is 0.146. The number of hydrogen-bond acceptors (Lipinski definition) is 5. The molecule has 3 heterocycles. The van der Waals surface area contributed by atoms with Gasteiger partial charge in [0.1, 0.15) is 23.3 Å². The number of nitrogens with one attached hydrogen (secondary N) is 1. The van der Waals surface area contributed by atoms with E-state index in [4.69, 9.17) is 0 Å². The van der Waals surface area contributed by atoms with Crippen LogP contribution in [0.3, 0.4) is 0 Å². The second-order valence-corrected chi connectivity index (χ2v) is 9.54. The molecule has 0 saturated carbocycles. The fourth-order valence-electron chi connectivity index (χ4n) is 3.68. The van der Waals surface area contributed by atoms with E-state index in [1.807, 2.05) is 0 Å². The minimum absolute atomic E-state index is 0.0411. The molecule has 1 saturated heterocycles. The smallest absolute Gasteiger partial charge is 0.266 e. The maximum absolute atomic E-state index is 14.6. The number of aromatic nitrogens is 3. The highest BCUT2D eigenvalue weighted by Crippen LogP contribution is 2.34. The maximum atomic E-state index is 14.6. The second-order valence-electron chi connectivity index (χ2n) is 7.56. The molecule has 1 aromatic carbocycles. The largest absolute Gasteiger partial charge is 0.347 e. The number of benzene rings is 1. The molecule has 1 aliphatic rings. The Balaban J connectivity index is 1.70. The molecule has 7 nitrogen and oxygen atoms in total. The molecular weight excluding hydrogens is 476 g/mol. The van der Waals surface area contributed by atoms with E-state index in [1.165, 1.54) is 0 Å². The Bertz CT molecular complexity index is 1320. The second kappa shape index (κ2) is 8.48. The van der Waals surface area contributed by atoms with Gasteiger partial charge in [0.15, 0.2) is 5.82 Å². The van der Waals surface area contributed by atoms with Crippen LogP contribution >= 0.6 is 0 Å². The average molecular weight is 493 g/mol. The summed E-state index contributed by atoms with van der Waals surface area (Å²) in [5.41, 5.74) is -2.73. The first-order chi connectivity index (χ1) is 15.5. The van der Waals surface area contributed by atoms with Crippen molar-refractivity contribution < 1.29 is 34.8 Å². The molecule has 33 heavy (non-hydrogen) atoms. The van der Waals surface area contributed by atoms with Crippen molar-refractivity contribution >= 4 is 21.5 Å². The first-order valence-electron chi connectivity index (χ1n) is 9.63. The molecule has 1 fully saturated rings. The standard InChI is InChI=1S/C19H17F6N5O2S/c1-33(31,32)29-5-4-13(12(22)8-29)27-19-26-7-15-11(21)6-14(30(15)28-19)16-10(20)3-2-9(17(16)23)18(24)25/h2-3,6-7,12-13,18H,4-5,8H2,1H3,(H,27,28)/t12-,13-/m1/s1. The molecule has 0 radical (unpaired) electrons. The van der Waals surface area contributed by atoms with Gasteiger partial charge >= 0.3 is 0 Å². The lowest BCUT2D eigenvalue weighted by atomic mass is 10.1. The Morgan fingerprint density at radius 2 is 1.91 bits per heavy atom. The van der Waals surface area contributed by atoms with Crippen LogP contribution in [0.1, 0.15) is 18.4 Å². The predicted octanol–water partition coefficient (Wildman–Crippen LogP) is 3.54. The Kier molecular flexibility index (Phi) is 5.99. The zero-order chi connectivity index (χ0) is 24.1. The molecule has 4 rings (SSSR count). The monoisotopic (exact) mass is 493 g/mol. The summed E-state index contributed by atoms with van der Waals surface area (Å²) in [7, 11) is -3.57. The number of halogens is 6. The fraction of sp³-hybridized carbons (Fsp3) is 0.368. The highest BCUT2D eigenvalue weighted by molar-refractivity contribution is 7.88. The zero-order valence-electron chi connectivity index (χ0n) is 16.9. The SMILES string of the molecule is CS(=O)(=O)N1CC[C@@H](Nc2ncc3c(F)cc(-c4c(F)ccc(C(F)F)c4F)n3n2)[C@H](F)C1. The van der Waals surface area contributed by atoms with Crippen LogP contribution in [0.5, 0.6) is 0 Å². The van der Waals surface area contributed by atoms with Crippen LogP contribution in [0.15, 0.2) is 24.4 Å². The normalized spacial score (nSPS) is 20.0. The average Bonchev–Trinajstić information content (AvgIpc) is 3.04. The van der Waals surface area contributed by atoms with Crippen LogP contribution in [0, 0.1) is 17.5 Å². The van der Waals surface area contributed by atoms with E-state index < -0.39 is 62.9 Å². The summed E-state index contributed by atoms with van der Waals surface area (Å²) in [5.74, 6) is -3.95. The van der Waals surface area contributed by atoms with Gasteiger partial charge in [0, 0.05) is 19.2 Å². The van der Waals surface area contributed by atoms with E-state index in [1.54, 1.807) is 0 Å². The summed E-state index contributed by atoms with van der Waals surface area (Å²) in [6.45, 7) is -0.349. The van der Waals surface area contributed by atoms with Crippen LogP contribution in [-0.2, 0) is 10.0 Å². The van der Waals surface area contributed by atoms with Gasteiger partial charge in [-0.1, -0.05) is 0 Å². The maximum Gasteiger partial charge on any atom is 0.266 e. The van der Waals surface area contributed by atoms with Crippen molar-refractivity contribution in [3.8, 4) is 11.3 Å². The van der Waals surface area contributed by atoms with Gasteiger partial charge in [-0.15, -0.1) is 5.10 Å². The van der Waals surface area contributed by atoms with Gasteiger partial charge in [0.2, 0.25) is 16.0 Å². The summed E-state index contributed by atoms with van der Waals surface area (Å²) in [5, 5.41) is 6.63. The lowest BCUT2D eigenvalue weighted by Crippen LogP contribution is -2.49. The number of rotatable bonds is 5. The van der Waals surface area contributed by atoms with Gasteiger partial charge in [-0.25, -0.2) is 44.3 Å². The molecule has 0 spiro atoms. The molecule has 0 unspecified atom stereocenters. The fourth-order valence-corrected chi connectivity index (χ4v) is 4.53. The summed E-state index contributed by atoms with van der Waals surface area (Å²) in [4.78, 5) is 3.87. The van der Waals surface area contributed by atoms with Gasteiger partial charge in [0.05, 0.1) is 35.3 Å². The molecular formula is C19H17F6N5O2S. The van der Waals surface area contributed by atoms with Gasteiger partial charge in [-0.2, -0.15) is 4.31 Å². The first-order valence-corrected chi connectivity index (χ1v) is 11.5. The summed E-state index contributed by atoms with van der Waals surface area (Å²) in [6, 6.07) is 1.07. The minimum atomic E-state index is -3.57. The number of nitrogens with zero attached hydrogens (tertiary/aromatic N) is 4. The van der Waals surface area contributed by atoms with E-state index in [9.17, 15) is 34.8 Å². The summed E-state index contributed by atoms with van der Waals surface area (Å²) < 4.78 is 109. The van der Waals surface area contributed by atoms with Gasteiger partial charge in [-0.3, -0.25) is 0 Å². The van der Waals surface area contributed by atoms with Crippen molar-refractivity contribution in [2.45, 2.75) is 25.1 Å². The number of alkyl halides is 3. The molecule has 2 aromatic heterocycles. The van der Waals surface area contributed by atoms with Crippen molar-refractivity contribution in [3.63, 3.8) is 0 Å². The number of hydrogen-bond donors (Lipinski definition) is 1. The topological polar surface area (TPSA) is 79.6 Å². The Morgan fingerprint density at radius 3 is 2.55 bits per heavy atom. The lowest BCUT2D eigenvalue weighted by Gasteiger charge is -2.33. The van der Waals surface area contributed by atoms with Crippen LogP contribution in [0.25, 0.3) is 16.8 Å². The van der Waals surface area contributed by atoms with Crippen molar-refractivity contribution in [2.24, 2.45) is 0 Å². The van der Waals surface area contributed by atoms with E-state index >= 15 is 0 Å². The van der Waals surface area contributed by atoms with E-state index in [0.717, 1.165) is 27.3 Å². The number of piperidine rings is 1. The van der Waals surface area contributed by atoms with Crippen molar-refractivity contribution in [1.82, 2.24) is 18.9 Å². The minimum Gasteiger partial charge on any atom is -0.347 e. The highest BCUT2D eigenvalue weighted by atomic mass is 32.2. The van der Waals surface area contributed by atoms with Crippen LogP contribution in [0.4, 0.5) is 32.3 Å². The number of fused-ring (bicyclic) bond motifs is 1. The molecule has 0 amide bonds. The zero-order valence-corrected chi connectivity index (χ0v) is 17.8. The Hall–Kier alpha value is -2.87. The number of sulfonamides is 1. The van der Waals surface area contributed by atoms with Crippen molar-refractivity contribution in [1.29, 1.82) is 0 Å². The van der Waals surface area contributed by atoms with Crippen LogP contribution < -0.4 is 5.32 Å². The molecule has 14 heteroatoms. The van der Waals surface area contributed by atoms with Crippen molar-refractivity contribution in [2.75, 3.05) is 24.7 Å². The third-order valence-electron chi connectivity index (χ3n) is 5.37. The highest BCUT2D eigenvalue weighted by Gasteiger charge is 2.34. The van der Waals surface area contributed by atoms with E-state index in [-0.39, 0.29) is 31.0 Å². The van der Waals surface area contributed by atoms with Crippen molar-refractivity contribution in [3.05, 3.63) is 47.4 Å². The molecule has 0 bridgehead atoms. The molecule has 1 aliphatic heterocycles. The van der Waals surface area contributed by atoms with Gasteiger partial charge in [0.25, 0.3) is 6.43 Å². The quantitative estimate of drug-likeness (QED) is 0.551. The van der Waals surface area contributed by atoms with Crippen LogP contribution in [0.2, 0.25) is 0 Å². The predicted molar refractivity (Wildman–Crippen MR) is 107 cm³/mol. The molecule has 3 aromatic rings. The van der Waals surface area contributed by atoms with E-state index in [0.29, 0.717) is 12.1 Å². The first kappa shape index (κ1) is 23.3. The molecule has 0 aliphatic carbocycles. The molecule has 178 valence electrons. The van der Waals surface area contributed by atoms with E-state index in [2.05, 4.69) is 15.4 Å². The summed E-state index contributed by atoms with van der Waals surface area (Å²) in [6.07, 6.45) is -2.83. The number of anilines is 1. The Morgan fingerprint density at radius 1 is 1.18 bits per heavy atom. The molecule has 1 N–H and O–H groups in total. The molecule has 2 atom stereocenters. The Labute approximate surface area is 184 Å². The van der Waals surface area contributed by atoms with Gasteiger partial charge < -0.3 is 5.32 Å². The third-order valence-corrected chi connectivity index (χ3v) is 6.64. The van der Waals surface area contributed by atoms with Crippen LogP contribution in [-0.4, -0.2) is 58.9 Å². The third kappa shape index (κ3) is 4.36. The van der Waals surface area contributed by atoms with Gasteiger partial charge in [-0.05, 0) is 18.6 Å².